The topological polar surface area (TPSA) is 107 Å². The van der Waals surface area contributed by atoms with E-state index in [1.165, 1.54) is 0 Å². The molecule has 0 spiro atoms. The third-order valence-electron chi connectivity index (χ3n) is 3.84. The summed E-state index contributed by atoms with van der Waals surface area (Å²) in [5, 5.41) is 6.24. The lowest BCUT2D eigenvalue weighted by Gasteiger charge is -2.19. The van der Waals surface area contributed by atoms with Gasteiger partial charge in [0.2, 0.25) is 0 Å². The first-order valence-corrected chi connectivity index (χ1v) is 9.54. The molecule has 2 rings (SSSR count). The fourth-order valence-electron chi connectivity index (χ4n) is 2.53. The number of para-hydroxylation sites is 1. The zero-order valence-electron chi connectivity index (χ0n) is 17.2. The van der Waals surface area contributed by atoms with Crippen LogP contribution in [0.1, 0.15) is 52.3 Å². The summed E-state index contributed by atoms with van der Waals surface area (Å²) in [4.78, 5) is 35.2. The second-order valence-electron chi connectivity index (χ2n) is 7.67. The van der Waals surface area contributed by atoms with Crippen molar-refractivity contribution in [2.75, 3.05) is 13.2 Å². The fourth-order valence-corrected chi connectivity index (χ4v) is 2.53. The molecular formula is C21H28N2O6. The largest absolute Gasteiger partial charge is 0.459 e. The Morgan fingerprint density at radius 2 is 1.90 bits per heavy atom. The van der Waals surface area contributed by atoms with Gasteiger partial charge in [0.15, 0.2) is 6.61 Å². The molecule has 2 aromatic rings. The summed E-state index contributed by atoms with van der Waals surface area (Å²) in [6, 6.07) is 9.08. The number of carbonyl (C=O) groups excluding carboxylic acids is 3. The number of benzene rings is 1. The number of hydrogen-bond donors (Lipinski definition) is 2. The van der Waals surface area contributed by atoms with Crippen LogP contribution < -0.4 is 10.6 Å². The highest BCUT2D eigenvalue weighted by molar-refractivity contribution is 5.81. The molecule has 0 saturated carbocycles. The van der Waals surface area contributed by atoms with Crippen molar-refractivity contribution >= 4 is 28.9 Å². The van der Waals surface area contributed by atoms with E-state index >= 15 is 0 Å². The van der Waals surface area contributed by atoms with Crippen LogP contribution in [-0.2, 0) is 19.1 Å². The Hall–Kier alpha value is -3.03. The van der Waals surface area contributed by atoms with Gasteiger partial charge in [0.05, 0.1) is 6.04 Å². The molecule has 0 aliphatic carbocycles. The molecule has 0 radical (unpaired) electrons. The van der Waals surface area contributed by atoms with Gasteiger partial charge in [-0.3, -0.25) is 9.59 Å². The molecule has 0 saturated heterocycles. The van der Waals surface area contributed by atoms with Crippen LogP contribution in [0.4, 0.5) is 4.79 Å². The van der Waals surface area contributed by atoms with Gasteiger partial charge >= 0.3 is 12.1 Å². The zero-order chi connectivity index (χ0) is 21.4. The molecule has 1 aromatic carbocycles. The summed E-state index contributed by atoms with van der Waals surface area (Å²) in [5.74, 6) is -0.306. The molecule has 0 fully saturated rings. The molecule has 0 aliphatic heterocycles. The van der Waals surface area contributed by atoms with E-state index in [1.807, 2.05) is 30.3 Å². The third-order valence-corrected chi connectivity index (χ3v) is 3.84. The minimum Gasteiger partial charge on any atom is -0.459 e. The van der Waals surface area contributed by atoms with Crippen molar-refractivity contribution in [2.45, 2.75) is 52.2 Å². The van der Waals surface area contributed by atoms with Crippen molar-refractivity contribution < 1.29 is 28.3 Å². The van der Waals surface area contributed by atoms with Crippen molar-refractivity contribution in [3.8, 4) is 0 Å². The first kappa shape index (κ1) is 22.3. The second-order valence-corrected chi connectivity index (χ2v) is 7.67. The molecule has 0 bridgehead atoms. The van der Waals surface area contributed by atoms with Crippen LogP contribution in [0.25, 0.3) is 11.0 Å². The predicted octanol–water partition coefficient (Wildman–Crippen LogP) is 3.46. The number of fused-ring (bicyclic) bond motifs is 1. The van der Waals surface area contributed by atoms with Crippen molar-refractivity contribution in [1.29, 1.82) is 0 Å². The Balaban J connectivity index is 1.64. The highest BCUT2D eigenvalue weighted by atomic mass is 16.6. The standard InChI is InChI=1S/C21H28N2O6/c1-14(17-12-15-8-5-6-9-16(15)28-17)23-18(24)13-27-19(25)10-7-11-22-20(26)29-21(2,3)4/h5-6,8-9,12,14H,7,10-11,13H2,1-4H3,(H,22,26)(H,23,24)/t14-/m0/s1. The summed E-state index contributed by atoms with van der Waals surface area (Å²) < 4.78 is 15.8. The average molecular weight is 404 g/mol. The Morgan fingerprint density at radius 1 is 1.17 bits per heavy atom. The SMILES string of the molecule is C[C@H](NC(=O)COC(=O)CCCNC(=O)OC(C)(C)C)c1cc2ccccc2o1. The third kappa shape index (κ3) is 7.85. The lowest BCUT2D eigenvalue weighted by atomic mass is 10.2. The number of hydrogen-bond acceptors (Lipinski definition) is 6. The Labute approximate surface area is 169 Å². The lowest BCUT2D eigenvalue weighted by molar-refractivity contribution is -0.148. The van der Waals surface area contributed by atoms with E-state index in [2.05, 4.69) is 10.6 Å². The Kier molecular flexibility index (Phi) is 7.64. The van der Waals surface area contributed by atoms with E-state index < -0.39 is 23.6 Å². The van der Waals surface area contributed by atoms with Gasteiger partial charge in [-0.1, -0.05) is 18.2 Å². The average Bonchev–Trinajstić information content (AvgIpc) is 3.06. The van der Waals surface area contributed by atoms with Gasteiger partial charge in [-0.25, -0.2) is 4.79 Å². The minimum absolute atomic E-state index is 0.0855. The molecule has 29 heavy (non-hydrogen) atoms. The fraction of sp³-hybridized carbons (Fsp3) is 0.476. The van der Waals surface area contributed by atoms with E-state index in [-0.39, 0.29) is 25.6 Å². The van der Waals surface area contributed by atoms with E-state index in [0.29, 0.717) is 12.2 Å². The molecule has 1 aromatic heterocycles. The van der Waals surface area contributed by atoms with Gasteiger partial charge in [-0.2, -0.15) is 0 Å². The first-order valence-electron chi connectivity index (χ1n) is 9.54. The maximum absolute atomic E-state index is 12.0. The normalized spacial score (nSPS) is 12.3. The van der Waals surface area contributed by atoms with Crippen LogP contribution in [0.5, 0.6) is 0 Å². The molecule has 1 atom stereocenters. The van der Waals surface area contributed by atoms with Crippen LogP contribution in [0, 0.1) is 0 Å². The molecule has 0 unspecified atom stereocenters. The van der Waals surface area contributed by atoms with Gasteiger partial charge in [0, 0.05) is 18.4 Å². The maximum atomic E-state index is 12.0. The number of rotatable bonds is 8. The van der Waals surface area contributed by atoms with Crippen molar-refractivity contribution in [2.24, 2.45) is 0 Å². The second kappa shape index (κ2) is 9.95. The first-order chi connectivity index (χ1) is 13.6. The van der Waals surface area contributed by atoms with Gasteiger partial charge < -0.3 is 24.5 Å². The molecule has 8 heteroatoms. The van der Waals surface area contributed by atoms with Gasteiger partial charge in [-0.15, -0.1) is 0 Å². The number of ether oxygens (including phenoxy) is 2. The summed E-state index contributed by atoms with van der Waals surface area (Å²) in [7, 11) is 0. The zero-order valence-corrected chi connectivity index (χ0v) is 17.2. The summed E-state index contributed by atoms with van der Waals surface area (Å²) in [6.07, 6.45) is -0.0677. The van der Waals surface area contributed by atoms with E-state index in [0.717, 1.165) is 11.0 Å². The van der Waals surface area contributed by atoms with E-state index in [4.69, 9.17) is 13.9 Å². The molecule has 1 heterocycles. The molecular weight excluding hydrogens is 376 g/mol. The summed E-state index contributed by atoms with van der Waals surface area (Å²) >= 11 is 0. The molecule has 8 nitrogen and oxygen atoms in total. The van der Waals surface area contributed by atoms with Gasteiger partial charge in [0.25, 0.3) is 5.91 Å². The molecule has 2 N–H and O–H groups in total. The molecule has 158 valence electrons. The smallest absolute Gasteiger partial charge is 0.407 e. The Morgan fingerprint density at radius 3 is 2.59 bits per heavy atom. The summed E-state index contributed by atoms with van der Waals surface area (Å²) in [6.45, 7) is 7.00. The predicted molar refractivity (Wildman–Crippen MR) is 107 cm³/mol. The molecule has 2 amide bonds. The van der Waals surface area contributed by atoms with Crippen LogP contribution in [0.2, 0.25) is 0 Å². The highest BCUT2D eigenvalue weighted by Crippen LogP contribution is 2.23. The van der Waals surface area contributed by atoms with Crippen LogP contribution >= 0.6 is 0 Å². The number of amides is 2. The number of furan rings is 1. The monoisotopic (exact) mass is 404 g/mol. The number of alkyl carbamates (subject to hydrolysis) is 1. The lowest BCUT2D eigenvalue weighted by Crippen LogP contribution is -2.33. The molecule has 0 aliphatic rings. The van der Waals surface area contributed by atoms with Gasteiger partial charge in [-0.05, 0) is 46.2 Å². The quantitative estimate of drug-likeness (QED) is 0.515. The highest BCUT2D eigenvalue weighted by Gasteiger charge is 2.17. The number of esters is 1. The van der Waals surface area contributed by atoms with E-state index in [9.17, 15) is 14.4 Å². The summed E-state index contributed by atoms with van der Waals surface area (Å²) in [5.41, 5.74) is 0.172. The Bertz CT molecular complexity index is 819. The van der Waals surface area contributed by atoms with Crippen LogP contribution in [-0.4, -0.2) is 36.7 Å². The van der Waals surface area contributed by atoms with Crippen LogP contribution in [0.3, 0.4) is 0 Å². The van der Waals surface area contributed by atoms with E-state index in [1.54, 1.807) is 27.7 Å². The van der Waals surface area contributed by atoms with Gasteiger partial charge in [0.1, 0.15) is 16.9 Å². The van der Waals surface area contributed by atoms with Crippen molar-refractivity contribution in [1.82, 2.24) is 10.6 Å². The van der Waals surface area contributed by atoms with Crippen molar-refractivity contribution in [3.63, 3.8) is 0 Å². The van der Waals surface area contributed by atoms with Crippen molar-refractivity contribution in [3.05, 3.63) is 36.1 Å². The number of nitrogens with one attached hydrogen (secondary N) is 2. The van der Waals surface area contributed by atoms with Crippen LogP contribution in [0.15, 0.2) is 34.7 Å². The minimum atomic E-state index is -0.574. The number of carbonyl (C=O) groups is 3. The maximum Gasteiger partial charge on any atom is 0.407 e.